The quantitative estimate of drug-likeness (QED) is 0.0906. The van der Waals surface area contributed by atoms with Crippen LogP contribution < -0.4 is 21.0 Å². The van der Waals surface area contributed by atoms with Crippen molar-refractivity contribution < 1.29 is 49.0 Å². The molecule has 0 saturated heterocycles. The molecule has 0 spiro atoms. The van der Waals surface area contributed by atoms with Gasteiger partial charge in [-0.2, -0.15) is 16.8 Å². The molecule has 3 aromatic carbocycles. The molecule has 0 aliphatic rings. The van der Waals surface area contributed by atoms with Crippen LogP contribution in [0.1, 0.15) is 0 Å². The third kappa shape index (κ3) is 6.45. The number of carbonyl (C=O) groups is 1. The SMILES string of the molecule is Nc1cc(S(=O)(=O)O)cc2cc(S(=O)(=O)O)c(N=NNC(=O)COc3ccc(Cl)cc3S(N)(=O)=O)c(O)c12. The van der Waals surface area contributed by atoms with Gasteiger partial charge in [-0.3, -0.25) is 13.9 Å². The Bertz CT molecular complexity index is 1830. The highest BCUT2D eigenvalue weighted by atomic mass is 35.5. The number of benzene rings is 3. The van der Waals surface area contributed by atoms with Crippen molar-refractivity contribution >= 4 is 69.9 Å². The number of nitrogens with zero attached hydrogens (tertiary/aromatic N) is 2. The minimum atomic E-state index is -5.11. The van der Waals surface area contributed by atoms with Crippen LogP contribution in [0.5, 0.6) is 11.5 Å². The smallest absolute Gasteiger partial charge is 0.296 e. The largest absolute Gasteiger partial charge is 0.505 e. The summed E-state index contributed by atoms with van der Waals surface area (Å²) in [5.41, 5.74) is 6.26. The molecule has 0 aromatic heterocycles. The summed E-state index contributed by atoms with van der Waals surface area (Å²) in [6.07, 6.45) is 0. The number of aromatic hydroxyl groups is 1. The minimum absolute atomic E-state index is 0.0271. The van der Waals surface area contributed by atoms with Crippen LogP contribution >= 0.6 is 11.6 Å². The summed E-state index contributed by atoms with van der Waals surface area (Å²) in [4.78, 5) is 9.79. The van der Waals surface area contributed by atoms with Crippen LogP contribution in [0, 0.1) is 0 Å². The van der Waals surface area contributed by atoms with Crippen LogP contribution in [0.2, 0.25) is 5.02 Å². The molecule has 0 saturated carbocycles. The molecule has 1 amide bonds. The number of ether oxygens (including phenoxy) is 1. The Morgan fingerprint density at radius 1 is 1.00 bits per heavy atom. The lowest BCUT2D eigenvalue weighted by Gasteiger charge is -2.12. The van der Waals surface area contributed by atoms with Gasteiger partial charge in [-0.1, -0.05) is 16.8 Å². The molecule has 16 nitrogen and oxygen atoms in total. The van der Waals surface area contributed by atoms with Crippen LogP contribution in [0.3, 0.4) is 0 Å². The predicted molar refractivity (Wildman–Crippen MR) is 131 cm³/mol. The molecule has 0 aliphatic heterocycles. The fourth-order valence-electron chi connectivity index (χ4n) is 3.06. The number of halogens is 1. The Kier molecular flexibility index (Phi) is 7.84. The number of carbonyl (C=O) groups excluding carboxylic acids is 1. The van der Waals surface area contributed by atoms with E-state index in [4.69, 9.17) is 27.2 Å². The van der Waals surface area contributed by atoms with E-state index < -0.39 is 74.6 Å². The zero-order valence-electron chi connectivity index (χ0n) is 18.4. The van der Waals surface area contributed by atoms with Crippen molar-refractivity contribution in [2.75, 3.05) is 12.3 Å². The number of anilines is 1. The van der Waals surface area contributed by atoms with E-state index in [2.05, 4.69) is 10.3 Å². The van der Waals surface area contributed by atoms with Crippen LogP contribution in [-0.4, -0.2) is 52.0 Å². The molecule has 8 N–H and O–H groups in total. The van der Waals surface area contributed by atoms with Gasteiger partial charge in [-0.25, -0.2) is 19.0 Å². The molecule has 0 bridgehead atoms. The molecular formula is C18H16ClN5O11S3. The lowest BCUT2D eigenvalue weighted by molar-refractivity contribution is -0.123. The van der Waals surface area contributed by atoms with E-state index in [0.29, 0.717) is 6.07 Å². The van der Waals surface area contributed by atoms with Crippen molar-refractivity contribution in [1.82, 2.24) is 5.43 Å². The van der Waals surface area contributed by atoms with E-state index in [9.17, 15) is 44.3 Å². The van der Waals surface area contributed by atoms with Crippen LogP contribution in [0.4, 0.5) is 11.4 Å². The molecule has 0 heterocycles. The summed E-state index contributed by atoms with van der Waals surface area (Å²) >= 11 is 5.73. The first-order valence-corrected chi connectivity index (χ1v) is 14.4. The fraction of sp³-hybridized carbons (Fsp3) is 0.0556. The predicted octanol–water partition coefficient (Wildman–Crippen LogP) is 1.12. The van der Waals surface area contributed by atoms with Gasteiger partial charge in [0.1, 0.15) is 15.5 Å². The minimum Gasteiger partial charge on any atom is -0.505 e. The number of nitrogen functional groups attached to an aromatic ring is 1. The lowest BCUT2D eigenvalue weighted by Crippen LogP contribution is -2.25. The molecular weight excluding hydrogens is 594 g/mol. The number of hydrogen-bond donors (Lipinski definition) is 6. The molecule has 0 radical (unpaired) electrons. The molecule has 38 heavy (non-hydrogen) atoms. The van der Waals surface area contributed by atoms with Gasteiger partial charge in [0.05, 0.1) is 4.90 Å². The van der Waals surface area contributed by atoms with Crippen LogP contribution in [-0.2, 0) is 35.1 Å². The third-order valence-corrected chi connectivity index (χ3v) is 7.49. The van der Waals surface area contributed by atoms with Crippen LogP contribution in [0.15, 0.2) is 61.4 Å². The van der Waals surface area contributed by atoms with Crippen molar-refractivity contribution in [3.63, 3.8) is 0 Å². The average molecular weight is 610 g/mol. The maximum Gasteiger partial charge on any atom is 0.296 e. The van der Waals surface area contributed by atoms with Crippen molar-refractivity contribution in [2.45, 2.75) is 14.7 Å². The molecule has 3 aromatic rings. The Morgan fingerprint density at radius 3 is 2.24 bits per heavy atom. The second-order valence-corrected chi connectivity index (χ2v) is 12.1. The monoisotopic (exact) mass is 609 g/mol. The van der Waals surface area contributed by atoms with Crippen molar-refractivity contribution in [2.24, 2.45) is 15.5 Å². The fourth-order valence-corrected chi connectivity index (χ4v) is 5.21. The summed E-state index contributed by atoms with van der Waals surface area (Å²) in [7, 11) is -14.1. The first kappa shape index (κ1) is 29.0. The number of nitrogens with one attached hydrogen (secondary N) is 1. The second-order valence-electron chi connectivity index (χ2n) is 7.29. The van der Waals surface area contributed by atoms with Crippen molar-refractivity contribution in [1.29, 1.82) is 0 Å². The maximum atomic E-state index is 12.1. The summed E-state index contributed by atoms with van der Waals surface area (Å²) in [5.74, 6) is -2.32. The highest BCUT2D eigenvalue weighted by molar-refractivity contribution is 7.89. The zero-order chi connectivity index (χ0) is 28.6. The Hall–Kier alpha value is -3.59. The van der Waals surface area contributed by atoms with E-state index in [-0.39, 0.29) is 21.5 Å². The Morgan fingerprint density at radius 2 is 1.66 bits per heavy atom. The lowest BCUT2D eigenvalue weighted by atomic mass is 10.1. The van der Waals surface area contributed by atoms with E-state index in [1.165, 1.54) is 6.07 Å². The number of sulfonamides is 1. The second kappa shape index (κ2) is 10.3. The van der Waals surface area contributed by atoms with E-state index in [0.717, 1.165) is 24.3 Å². The number of hydrogen-bond acceptors (Lipinski definition) is 12. The van der Waals surface area contributed by atoms with Crippen LogP contribution in [0.25, 0.3) is 10.8 Å². The van der Waals surface area contributed by atoms with Gasteiger partial charge in [-0.05, 0) is 41.8 Å². The highest BCUT2D eigenvalue weighted by Crippen LogP contribution is 2.43. The number of phenolic OH excluding ortho intramolecular Hbond substituents is 1. The van der Waals surface area contributed by atoms with Gasteiger partial charge in [0.15, 0.2) is 18.0 Å². The van der Waals surface area contributed by atoms with Gasteiger partial charge >= 0.3 is 0 Å². The number of amides is 1. The van der Waals surface area contributed by atoms with Gasteiger partial charge < -0.3 is 15.6 Å². The molecule has 0 aliphatic carbocycles. The number of rotatable bonds is 8. The molecule has 3 rings (SSSR count). The third-order valence-electron chi connectivity index (χ3n) is 4.63. The average Bonchev–Trinajstić information content (AvgIpc) is 2.77. The zero-order valence-corrected chi connectivity index (χ0v) is 21.6. The Labute approximate surface area is 219 Å². The molecule has 20 heteroatoms. The first-order chi connectivity index (χ1) is 17.4. The maximum absolute atomic E-state index is 12.1. The van der Waals surface area contributed by atoms with E-state index in [1.54, 1.807) is 0 Å². The molecule has 204 valence electrons. The molecule has 0 unspecified atom stereocenters. The summed E-state index contributed by atoms with van der Waals surface area (Å²) < 4.78 is 93.9. The number of primary sulfonamides is 1. The van der Waals surface area contributed by atoms with E-state index >= 15 is 0 Å². The number of nitrogens with two attached hydrogens (primary N) is 2. The van der Waals surface area contributed by atoms with Gasteiger partial charge in [0.25, 0.3) is 26.1 Å². The highest BCUT2D eigenvalue weighted by Gasteiger charge is 2.25. The molecule has 0 atom stereocenters. The van der Waals surface area contributed by atoms with Gasteiger partial charge in [0, 0.05) is 16.1 Å². The summed E-state index contributed by atoms with van der Waals surface area (Å²) in [6, 6.07) is 5.66. The van der Waals surface area contributed by atoms with Gasteiger partial charge in [0.2, 0.25) is 10.0 Å². The summed E-state index contributed by atoms with van der Waals surface area (Å²) in [6.45, 7) is -0.830. The number of phenols is 1. The standard InChI is InChI=1S/C18H16ClN5O11S3/c19-9-1-2-12(13(5-9)36(21,27)28)35-7-15(25)22-24-23-17-14(38(32,33)34)4-8-3-10(37(29,30)31)6-11(20)16(8)18(17)26/h1-6,26H,7,20H2,(H2,21,27,28)(H,22,23,25)(H,29,30,31)(H,32,33,34). The molecule has 0 fully saturated rings. The first-order valence-electron chi connectivity index (χ1n) is 9.58. The Balaban J connectivity index is 1.92. The topological polar surface area (TPSA) is 278 Å². The van der Waals surface area contributed by atoms with Crippen molar-refractivity contribution in [3.8, 4) is 11.5 Å². The summed E-state index contributed by atoms with van der Waals surface area (Å²) in [5, 5.41) is 21.7. The van der Waals surface area contributed by atoms with Gasteiger partial charge in [-0.15, -0.1) is 5.11 Å². The normalized spacial score (nSPS) is 12.6. The number of fused-ring (bicyclic) bond motifs is 1. The van der Waals surface area contributed by atoms with E-state index in [1.807, 2.05) is 5.43 Å². The van der Waals surface area contributed by atoms with Crippen molar-refractivity contribution in [3.05, 3.63) is 41.4 Å².